The zero-order valence-corrected chi connectivity index (χ0v) is 9.65. The average Bonchev–Trinajstić information content (AvgIpc) is 2.35. The third-order valence-corrected chi connectivity index (χ3v) is 1.69. The molecule has 0 fully saturated rings. The summed E-state index contributed by atoms with van der Waals surface area (Å²) < 4.78 is 4.64. The maximum absolute atomic E-state index is 11.2. The van der Waals surface area contributed by atoms with Gasteiger partial charge in [-0.2, -0.15) is 0 Å². The van der Waals surface area contributed by atoms with Crippen LogP contribution in [0, 0.1) is 0 Å². The van der Waals surface area contributed by atoms with E-state index in [0.717, 1.165) is 0 Å². The molecule has 0 aliphatic heterocycles. The average molecular weight is 272 g/mol. The van der Waals surface area contributed by atoms with E-state index in [0.29, 0.717) is 0 Å². The van der Waals surface area contributed by atoms with E-state index in [2.05, 4.69) is 4.74 Å². The van der Waals surface area contributed by atoms with Crippen LogP contribution >= 0.6 is 0 Å². The number of carboxylic acid groups (broad SMARTS) is 3. The second kappa shape index (κ2) is 8.48. The fourth-order valence-electron chi connectivity index (χ4n) is 0.971. The van der Waals surface area contributed by atoms with Gasteiger partial charge in [-0.05, 0) is 24.3 Å². The highest BCUT2D eigenvalue weighted by Gasteiger charge is 2.08. The summed E-state index contributed by atoms with van der Waals surface area (Å²) in [7, 11) is 0. The molecule has 0 saturated carbocycles. The number of carbonyl (C=O) groups is 3. The van der Waals surface area contributed by atoms with E-state index in [1.54, 1.807) is 0 Å². The van der Waals surface area contributed by atoms with E-state index in [-0.39, 0.29) is 24.3 Å². The van der Waals surface area contributed by atoms with Gasteiger partial charge in [0.15, 0.2) is 0 Å². The second-order valence-corrected chi connectivity index (χ2v) is 3.02. The van der Waals surface area contributed by atoms with Gasteiger partial charge in [-0.25, -0.2) is 14.4 Å². The molecule has 0 bridgehead atoms. The highest BCUT2D eigenvalue weighted by molar-refractivity contribution is 5.92. The number of esters is 1. The first-order valence-corrected chi connectivity index (χ1v) is 4.91. The van der Waals surface area contributed by atoms with Gasteiger partial charge in [-0.15, -0.1) is 0 Å². The fraction of sp³-hybridized carbons (Fsp3) is 0.182. The molecule has 4 N–H and O–H groups in total. The largest absolute Gasteiger partial charge is 0.503 e. The minimum atomic E-state index is -1.83. The summed E-state index contributed by atoms with van der Waals surface area (Å²) >= 11 is 0. The number of carboxylic acids is 1. The molecule has 0 aliphatic rings. The molecule has 0 atom stereocenters. The van der Waals surface area contributed by atoms with Gasteiger partial charge in [0.1, 0.15) is 6.61 Å². The van der Waals surface area contributed by atoms with Gasteiger partial charge in [0.2, 0.25) is 0 Å². The molecule has 0 aliphatic carbocycles. The maximum Gasteiger partial charge on any atom is 0.503 e. The molecule has 8 heteroatoms. The number of carbonyl (C=O) groups excluding carboxylic acids is 1. The third kappa shape index (κ3) is 7.34. The summed E-state index contributed by atoms with van der Waals surface area (Å²) in [4.78, 5) is 30.3. The Labute approximate surface area is 107 Å². The number of hydrogen-bond acceptors (Lipinski definition) is 5. The van der Waals surface area contributed by atoms with Crippen LogP contribution in [0.3, 0.4) is 0 Å². The van der Waals surface area contributed by atoms with Gasteiger partial charge in [-0.3, -0.25) is 0 Å². The molecule has 0 amide bonds. The van der Waals surface area contributed by atoms with E-state index in [1.807, 2.05) is 0 Å². The van der Waals surface area contributed by atoms with Crippen LogP contribution in [0.1, 0.15) is 20.7 Å². The van der Waals surface area contributed by atoms with Gasteiger partial charge < -0.3 is 25.2 Å². The Kier molecular flexibility index (Phi) is 7.31. The zero-order valence-electron chi connectivity index (χ0n) is 9.65. The summed E-state index contributed by atoms with van der Waals surface area (Å²) in [5.74, 6) is -1.63. The molecular weight excluding hydrogens is 260 g/mol. The van der Waals surface area contributed by atoms with Crippen molar-refractivity contribution in [2.24, 2.45) is 0 Å². The van der Waals surface area contributed by atoms with Gasteiger partial charge in [0.05, 0.1) is 17.7 Å². The van der Waals surface area contributed by atoms with Crippen molar-refractivity contribution in [1.82, 2.24) is 0 Å². The van der Waals surface area contributed by atoms with Crippen LogP contribution < -0.4 is 0 Å². The molecule has 19 heavy (non-hydrogen) atoms. The Morgan fingerprint density at radius 1 is 0.947 bits per heavy atom. The first-order valence-electron chi connectivity index (χ1n) is 4.91. The van der Waals surface area contributed by atoms with Crippen molar-refractivity contribution in [3.05, 3.63) is 35.4 Å². The Morgan fingerprint density at radius 3 is 1.74 bits per heavy atom. The van der Waals surface area contributed by atoms with Crippen molar-refractivity contribution in [2.45, 2.75) is 0 Å². The molecule has 0 radical (unpaired) electrons. The lowest BCUT2D eigenvalue weighted by atomic mass is 10.1. The Balaban J connectivity index is 0.000000711. The lowest BCUT2D eigenvalue weighted by molar-refractivity contribution is 0.0433. The lowest BCUT2D eigenvalue weighted by Gasteiger charge is -2.02. The minimum absolute atomic E-state index is 0.0699. The summed E-state index contributed by atoms with van der Waals surface area (Å²) in [6.45, 7) is -0.307. The van der Waals surface area contributed by atoms with E-state index < -0.39 is 18.1 Å². The number of hydrogen-bond donors (Lipinski definition) is 4. The number of aliphatic hydroxyl groups is 1. The summed E-state index contributed by atoms with van der Waals surface area (Å²) in [6.07, 6.45) is -1.83. The molecule has 8 nitrogen and oxygen atoms in total. The van der Waals surface area contributed by atoms with Crippen molar-refractivity contribution in [1.29, 1.82) is 0 Å². The number of aromatic carboxylic acids is 1. The second-order valence-electron chi connectivity index (χ2n) is 3.02. The Hall–Kier alpha value is -2.61. The van der Waals surface area contributed by atoms with Crippen molar-refractivity contribution in [3.8, 4) is 0 Å². The van der Waals surface area contributed by atoms with E-state index in [1.165, 1.54) is 24.3 Å². The van der Waals surface area contributed by atoms with Gasteiger partial charge in [0.25, 0.3) is 0 Å². The summed E-state index contributed by atoms with van der Waals surface area (Å²) in [5.41, 5.74) is 0.363. The standard InChI is InChI=1S/C10H10O5.CH2O3/c11-5-6-15-10(14)8-3-1-7(2-4-8)9(12)13;2-1(3)4/h1-4,11H,5-6H2,(H,12,13);(H2,2,3,4). The highest BCUT2D eigenvalue weighted by Crippen LogP contribution is 2.05. The van der Waals surface area contributed by atoms with E-state index in [4.69, 9.17) is 25.2 Å². The number of rotatable bonds is 4. The highest BCUT2D eigenvalue weighted by atomic mass is 16.6. The van der Waals surface area contributed by atoms with Gasteiger partial charge in [0, 0.05) is 0 Å². The predicted molar refractivity (Wildman–Crippen MR) is 61.4 cm³/mol. The van der Waals surface area contributed by atoms with Gasteiger partial charge in [-0.1, -0.05) is 0 Å². The summed E-state index contributed by atoms with van der Waals surface area (Å²) in [6, 6.07) is 5.36. The minimum Gasteiger partial charge on any atom is -0.478 e. The smallest absolute Gasteiger partial charge is 0.478 e. The number of aliphatic hydroxyl groups excluding tert-OH is 1. The molecule has 104 valence electrons. The van der Waals surface area contributed by atoms with Crippen molar-refractivity contribution in [2.75, 3.05) is 13.2 Å². The molecule has 0 aromatic heterocycles. The number of benzene rings is 1. The van der Waals surface area contributed by atoms with E-state index in [9.17, 15) is 9.59 Å². The first kappa shape index (κ1) is 16.4. The SMILES string of the molecule is O=C(O)O.O=C(O)c1ccc(C(=O)OCCO)cc1. The molecule has 1 aromatic carbocycles. The maximum atomic E-state index is 11.2. The van der Waals surface area contributed by atoms with Crippen LogP contribution in [-0.2, 0) is 4.74 Å². The van der Waals surface area contributed by atoms with Crippen LogP contribution in [0.2, 0.25) is 0 Å². The number of ether oxygens (including phenoxy) is 1. The van der Waals surface area contributed by atoms with E-state index >= 15 is 0 Å². The fourth-order valence-corrected chi connectivity index (χ4v) is 0.971. The Morgan fingerprint density at radius 2 is 1.37 bits per heavy atom. The Bertz CT molecular complexity index is 433. The van der Waals surface area contributed by atoms with Crippen LogP contribution in [0.25, 0.3) is 0 Å². The van der Waals surface area contributed by atoms with Crippen LogP contribution in [-0.4, -0.2) is 51.7 Å². The summed E-state index contributed by atoms with van der Waals surface area (Å²) in [5, 5.41) is 31.0. The first-order chi connectivity index (χ1) is 8.88. The van der Waals surface area contributed by atoms with Crippen molar-refractivity contribution < 1.29 is 39.5 Å². The van der Waals surface area contributed by atoms with Crippen LogP contribution in [0.15, 0.2) is 24.3 Å². The predicted octanol–water partition coefficient (Wildman–Crippen LogP) is 0.756. The van der Waals surface area contributed by atoms with Crippen LogP contribution in [0.5, 0.6) is 0 Å². The molecule has 0 spiro atoms. The van der Waals surface area contributed by atoms with Gasteiger partial charge >= 0.3 is 18.1 Å². The van der Waals surface area contributed by atoms with Crippen molar-refractivity contribution in [3.63, 3.8) is 0 Å². The quantitative estimate of drug-likeness (QED) is 0.588. The topological polar surface area (TPSA) is 141 Å². The van der Waals surface area contributed by atoms with Crippen molar-refractivity contribution >= 4 is 18.1 Å². The molecule has 0 heterocycles. The zero-order chi connectivity index (χ0) is 14.8. The molecular formula is C11H12O8. The molecule has 0 saturated heterocycles. The monoisotopic (exact) mass is 272 g/mol. The molecule has 1 rings (SSSR count). The molecule has 0 unspecified atom stereocenters. The van der Waals surface area contributed by atoms with Crippen LogP contribution in [0.4, 0.5) is 4.79 Å². The normalized spacial score (nSPS) is 8.89. The third-order valence-electron chi connectivity index (χ3n) is 1.69. The lowest BCUT2D eigenvalue weighted by Crippen LogP contribution is -2.09. The molecule has 1 aromatic rings.